The fourth-order valence-electron chi connectivity index (χ4n) is 2.31. The van der Waals surface area contributed by atoms with Gasteiger partial charge >= 0.3 is 12.0 Å². The number of hydrogen-bond donors (Lipinski definition) is 2. The van der Waals surface area contributed by atoms with E-state index in [0.29, 0.717) is 23.7 Å². The van der Waals surface area contributed by atoms with Gasteiger partial charge in [-0.25, -0.2) is 9.59 Å². The number of aliphatic carboxylic acids is 1. The molecular formula is C12H12N4O3S2. The van der Waals surface area contributed by atoms with Crippen LogP contribution >= 0.6 is 22.7 Å². The van der Waals surface area contributed by atoms with Gasteiger partial charge in [-0.15, -0.1) is 21.5 Å². The van der Waals surface area contributed by atoms with Crippen LogP contribution in [0, 0.1) is 6.92 Å². The molecule has 110 valence electrons. The van der Waals surface area contributed by atoms with Gasteiger partial charge in [0.25, 0.3) is 0 Å². The lowest BCUT2D eigenvalue weighted by atomic mass is 10.0. The van der Waals surface area contributed by atoms with E-state index in [1.165, 1.54) is 27.6 Å². The molecule has 0 radical (unpaired) electrons. The second-order valence-corrected chi connectivity index (χ2v) is 6.72. The van der Waals surface area contributed by atoms with Crippen LogP contribution in [0.3, 0.4) is 0 Å². The largest absolute Gasteiger partial charge is 0.479 e. The van der Waals surface area contributed by atoms with Crippen LogP contribution < -0.4 is 5.32 Å². The lowest BCUT2D eigenvalue weighted by molar-refractivity contribution is -0.142. The van der Waals surface area contributed by atoms with Crippen LogP contribution in [0.4, 0.5) is 9.93 Å². The number of aryl methyl sites for hydroxylation is 1. The molecule has 0 saturated carbocycles. The van der Waals surface area contributed by atoms with E-state index in [0.717, 1.165) is 9.88 Å². The molecule has 2 aromatic rings. The molecule has 1 unspecified atom stereocenters. The molecule has 0 fully saturated rings. The molecule has 1 atom stereocenters. The van der Waals surface area contributed by atoms with E-state index in [1.807, 2.05) is 5.38 Å². The third-order valence-electron chi connectivity index (χ3n) is 3.20. The Bertz CT molecular complexity index is 696. The molecule has 0 saturated heterocycles. The van der Waals surface area contributed by atoms with Crippen LogP contribution in [-0.2, 0) is 11.2 Å². The first-order chi connectivity index (χ1) is 10.1. The quantitative estimate of drug-likeness (QED) is 0.882. The van der Waals surface area contributed by atoms with E-state index >= 15 is 0 Å². The van der Waals surface area contributed by atoms with Crippen LogP contribution in [0.2, 0.25) is 0 Å². The number of hydrogen-bond acceptors (Lipinski definition) is 6. The highest BCUT2D eigenvalue weighted by Gasteiger charge is 2.36. The number of nitrogens with one attached hydrogen (secondary N) is 1. The summed E-state index contributed by atoms with van der Waals surface area (Å²) < 4.78 is 0. The van der Waals surface area contributed by atoms with Crippen molar-refractivity contribution < 1.29 is 14.7 Å². The van der Waals surface area contributed by atoms with Gasteiger partial charge in [-0.1, -0.05) is 11.3 Å². The van der Waals surface area contributed by atoms with Gasteiger partial charge < -0.3 is 10.0 Å². The summed E-state index contributed by atoms with van der Waals surface area (Å²) in [4.78, 5) is 26.2. The summed E-state index contributed by atoms with van der Waals surface area (Å²) in [6.07, 6.45) is 0.666. The van der Waals surface area contributed by atoms with Gasteiger partial charge in [-0.3, -0.25) is 5.32 Å². The zero-order chi connectivity index (χ0) is 15.0. The van der Waals surface area contributed by atoms with Crippen molar-refractivity contribution in [3.63, 3.8) is 0 Å². The maximum Gasteiger partial charge on any atom is 0.331 e. The number of nitrogens with zero attached hydrogens (tertiary/aromatic N) is 3. The van der Waals surface area contributed by atoms with E-state index in [9.17, 15) is 14.7 Å². The summed E-state index contributed by atoms with van der Waals surface area (Å²) in [6.45, 7) is 2.15. The number of anilines is 1. The maximum absolute atomic E-state index is 12.3. The van der Waals surface area contributed by atoms with Crippen LogP contribution in [0.25, 0.3) is 0 Å². The van der Waals surface area contributed by atoms with E-state index in [4.69, 9.17) is 0 Å². The number of amides is 2. The van der Waals surface area contributed by atoms with Crippen molar-refractivity contribution in [2.24, 2.45) is 0 Å². The molecule has 2 N–H and O–H groups in total. The Balaban J connectivity index is 1.84. The third-order valence-corrected chi connectivity index (χ3v) is 4.95. The molecular weight excluding hydrogens is 312 g/mol. The topological polar surface area (TPSA) is 95.4 Å². The number of carboxylic acids is 1. The molecule has 3 rings (SSSR count). The van der Waals surface area contributed by atoms with Gasteiger partial charge in [-0.2, -0.15) is 0 Å². The van der Waals surface area contributed by atoms with E-state index in [1.54, 1.807) is 13.0 Å². The van der Waals surface area contributed by atoms with Crippen molar-refractivity contribution in [3.8, 4) is 0 Å². The summed E-state index contributed by atoms with van der Waals surface area (Å²) >= 11 is 2.78. The minimum atomic E-state index is -1.03. The summed E-state index contributed by atoms with van der Waals surface area (Å²) in [5.74, 6) is -1.03. The lowest BCUT2D eigenvalue weighted by Crippen LogP contribution is -2.45. The van der Waals surface area contributed by atoms with Gasteiger partial charge in [0, 0.05) is 11.4 Å². The third kappa shape index (κ3) is 2.61. The van der Waals surface area contributed by atoms with Crippen LogP contribution in [0.15, 0.2) is 11.4 Å². The number of aromatic nitrogens is 2. The molecule has 0 bridgehead atoms. The summed E-state index contributed by atoms with van der Waals surface area (Å²) in [6, 6.07) is 0.359. The standard InChI is InChI=1S/C12H12N4O3S2/c1-6-14-15-11(21-6)13-12(19)16-4-2-8-7(3-5-20-8)9(16)10(17)18/h3,5,9H,2,4H2,1H3,(H,17,18)(H,13,15,19). The Morgan fingerprint density at radius 1 is 1.48 bits per heavy atom. The maximum atomic E-state index is 12.3. The molecule has 0 aliphatic carbocycles. The Morgan fingerprint density at radius 3 is 2.95 bits per heavy atom. The van der Waals surface area contributed by atoms with E-state index < -0.39 is 18.0 Å². The molecule has 1 aliphatic heterocycles. The highest BCUT2D eigenvalue weighted by Crippen LogP contribution is 2.33. The van der Waals surface area contributed by atoms with E-state index in [2.05, 4.69) is 15.5 Å². The van der Waals surface area contributed by atoms with Gasteiger partial charge in [0.15, 0.2) is 6.04 Å². The lowest BCUT2D eigenvalue weighted by Gasteiger charge is -2.32. The molecule has 9 heteroatoms. The molecule has 1 aliphatic rings. The normalized spacial score (nSPS) is 17.4. The Kier molecular flexibility index (Phi) is 3.60. The first-order valence-electron chi connectivity index (χ1n) is 6.23. The Morgan fingerprint density at radius 2 is 2.29 bits per heavy atom. The van der Waals surface area contributed by atoms with E-state index in [-0.39, 0.29) is 0 Å². The number of rotatable bonds is 2. The Hall–Kier alpha value is -2.00. The first-order valence-corrected chi connectivity index (χ1v) is 7.92. The number of urea groups is 1. The second-order valence-electron chi connectivity index (χ2n) is 4.54. The molecule has 21 heavy (non-hydrogen) atoms. The van der Waals surface area contributed by atoms with Crippen molar-refractivity contribution >= 4 is 39.8 Å². The molecule has 0 aromatic carbocycles. The van der Waals surface area contributed by atoms with Crippen LogP contribution in [0.1, 0.15) is 21.5 Å². The van der Waals surface area contributed by atoms with Crippen molar-refractivity contribution in [1.82, 2.24) is 15.1 Å². The molecule has 0 spiro atoms. The highest BCUT2D eigenvalue weighted by atomic mass is 32.1. The molecule has 2 aromatic heterocycles. The molecule has 2 amide bonds. The SMILES string of the molecule is Cc1nnc(NC(=O)N2CCc3sccc3C2C(=O)O)s1. The van der Waals surface area contributed by atoms with Crippen LogP contribution in [0.5, 0.6) is 0 Å². The average molecular weight is 324 g/mol. The predicted molar refractivity (Wildman–Crippen MR) is 78.8 cm³/mol. The molecule has 3 heterocycles. The molecule has 7 nitrogen and oxygen atoms in total. The van der Waals surface area contributed by atoms with Crippen molar-refractivity contribution in [2.45, 2.75) is 19.4 Å². The fraction of sp³-hybridized carbons (Fsp3) is 0.333. The van der Waals surface area contributed by atoms with Crippen molar-refractivity contribution in [3.05, 3.63) is 26.9 Å². The zero-order valence-corrected chi connectivity index (χ0v) is 12.7. The first kappa shape index (κ1) is 14.0. The summed E-state index contributed by atoms with van der Waals surface area (Å²) in [5, 5.41) is 22.7. The number of carboxylic acid groups (broad SMARTS) is 1. The minimum absolute atomic E-state index is 0.369. The monoisotopic (exact) mass is 324 g/mol. The fourth-order valence-corrected chi connectivity index (χ4v) is 3.80. The summed E-state index contributed by atoms with van der Waals surface area (Å²) in [5.41, 5.74) is 0.697. The van der Waals surface area contributed by atoms with Gasteiger partial charge in [-0.05, 0) is 30.4 Å². The number of carbonyl (C=O) groups is 2. The van der Waals surface area contributed by atoms with Crippen molar-refractivity contribution in [1.29, 1.82) is 0 Å². The number of carbonyl (C=O) groups excluding carboxylic acids is 1. The van der Waals surface area contributed by atoms with Crippen LogP contribution in [-0.4, -0.2) is 38.7 Å². The predicted octanol–water partition coefficient (Wildman–Crippen LogP) is 2.12. The zero-order valence-electron chi connectivity index (χ0n) is 11.1. The van der Waals surface area contributed by atoms with Crippen molar-refractivity contribution in [2.75, 3.05) is 11.9 Å². The minimum Gasteiger partial charge on any atom is -0.479 e. The summed E-state index contributed by atoms with van der Waals surface area (Å²) in [7, 11) is 0. The smallest absolute Gasteiger partial charge is 0.331 e. The average Bonchev–Trinajstić information content (AvgIpc) is 3.05. The second kappa shape index (κ2) is 5.41. The number of fused-ring (bicyclic) bond motifs is 1. The Labute approximate surface area is 128 Å². The number of thiophene rings is 1. The highest BCUT2D eigenvalue weighted by molar-refractivity contribution is 7.15. The van der Waals surface area contributed by atoms with Gasteiger partial charge in [0.2, 0.25) is 5.13 Å². The van der Waals surface area contributed by atoms with Gasteiger partial charge in [0.05, 0.1) is 0 Å². The van der Waals surface area contributed by atoms with Gasteiger partial charge in [0.1, 0.15) is 5.01 Å².